The Hall–Kier alpha value is -2.47. The fourth-order valence-electron chi connectivity index (χ4n) is 3.40. The molecule has 27 heavy (non-hydrogen) atoms. The summed E-state index contributed by atoms with van der Waals surface area (Å²) in [5.74, 6) is 1.31. The molecule has 0 radical (unpaired) electrons. The molecule has 0 saturated carbocycles. The van der Waals surface area contributed by atoms with Crippen LogP contribution in [0.25, 0.3) is 16.6 Å². The van der Waals surface area contributed by atoms with Gasteiger partial charge in [0.05, 0.1) is 17.4 Å². The molecule has 6 nitrogen and oxygen atoms in total. The van der Waals surface area contributed by atoms with E-state index in [4.69, 9.17) is 0 Å². The Labute approximate surface area is 159 Å². The molecule has 0 bridgehead atoms. The smallest absolute Gasteiger partial charge is 0.280 e. The fraction of sp³-hybridized carbons (Fsp3) is 0.476. The minimum Gasteiger partial charge on any atom is -0.355 e. The van der Waals surface area contributed by atoms with Gasteiger partial charge < -0.3 is 9.88 Å². The molecule has 1 aromatic carbocycles. The van der Waals surface area contributed by atoms with E-state index in [-0.39, 0.29) is 11.5 Å². The largest absolute Gasteiger partial charge is 0.355 e. The lowest BCUT2D eigenvalue weighted by Crippen LogP contribution is -2.40. The Kier molecular flexibility index (Phi) is 6.06. The highest BCUT2D eigenvalue weighted by molar-refractivity contribution is 5.82. The van der Waals surface area contributed by atoms with Crippen LogP contribution in [-0.4, -0.2) is 46.5 Å². The molecule has 1 aromatic heterocycles. The number of benzene rings is 1. The van der Waals surface area contributed by atoms with E-state index in [0.29, 0.717) is 37.4 Å². The van der Waals surface area contributed by atoms with Gasteiger partial charge in [-0.2, -0.15) is 4.98 Å². The summed E-state index contributed by atoms with van der Waals surface area (Å²) in [5.41, 5.74) is 1.89. The number of nitrogens with zero attached hydrogens (tertiary/aromatic N) is 3. The number of hydrogen-bond acceptors (Lipinski definition) is 4. The van der Waals surface area contributed by atoms with Gasteiger partial charge in [-0.05, 0) is 18.1 Å². The van der Waals surface area contributed by atoms with Crippen LogP contribution in [0.15, 0.2) is 35.1 Å². The van der Waals surface area contributed by atoms with E-state index in [1.165, 1.54) is 0 Å². The first-order chi connectivity index (χ1) is 13.0. The molecule has 0 atom stereocenters. The zero-order chi connectivity index (χ0) is 19.4. The van der Waals surface area contributed by atoms with Gasteiger partial charge in [0.2, 0.25) is 5.91 Å². The molecule has 2 aromatic rings. The van der Waals surface area contributed by atoms with Crippen molar-refractivity contribution in [2.75, 3.05) is 26.2 Å². The third kappa shape index (κ3) is 4.45. The van der Waals surface area contributed by atoms with Crippen LogP contribution in [0.2, 0.25) is 0 Å². The molecule has 6 heteroatoms. The third-order valence-corrected chi connectivity index (χ3v) is 4.81. The Morgan fingerprint density at radius 1 is 1.30 bits per heavy atom. The van der Waals surface area contributed by atoms with Gasteiger partial charge in [-0.3, -0.25) is 14.5 Å². The number of fused-ring (bicyclic) bond motifs is 1. The number of nitrogens with one attached hydrogen (secondary N) is 1. The molecule has 0 spiro atoms. The maximum absolute atomic E-state index is 12.3. The second-order valence-electron chi connectivity index (χ2n) is 7.42. The number of para-hydroxylation sites is 1. The van der Waals surface area contributed by atoms with Crippen LogP contribution in [0.3, 0.4) is 0 Å². The monoisotopic (exact) mass is 368 g/mol. The topological polar surface area (TPSA) is 67.2 Å². The molecule has 1 aliphatic rings. The Bertz CT molecular complexity index is 914. The standard InChI is InChI=1S/C21H28N4O2/c1-4-19-23-21(27)17-7-5-6-8-18(17)25(19)16-9-11-24(12-10-16)14-20(26)22-13-15(2)3/h5-9,15H,4,10-14H2,1-3H3,(H,22,26). The Morgan fingerprint density at radius 3 is 2.74 bits per heavy atom. The first kappa shape index (κ1) is 19.3. The average Bonchev–Trinajstić information content (AvgIpc) is 2.67. The van der Waals surface area contributed by atoms with Crippen LogP contribution < -0.4 is 10.9 Å². The molecular formula is C21H28N4O2. The summed E-state index contributed by atoms with van der Waals surface area (Å²) in [4.78, 5) is 30.8. The number of amides is 1. The van der Waals surface area contributed by atoms with Gasteiger partial charge in [-0.25, -0.2) is 0 Å². The van der Waals surface area contributed by atoms with E-state index in [0.717, 1.165) is 30.0 Å². The van der Waals surface area contributed by atoms with E-state index in [9.17, 15) is 9.59 Å². The summed E-state index contributed by atoms with van der Waals surface area (Å²) in [6, 6.07) is 7.63. The van der Waals surface area contributed by atoms with Crippen molar-refractivity contribution in [3.63, 3.8) is 0 Å². The molecule has 2 heterocycles. The SMILES string of the molecule is CCc1nc(=O)c2ccccc2n1C1=CCN(CC(=O)NCC(C)C)CC1. The molecule has 0 fully saturated rings. The van der Waals surface area contributed by atoms with Gasteiger partial charge in [0.25, 0.3) is 5.56 Å². The van der Waals surface area contributed by atoms with Crippen molar-refractivity contribution in [1.82, 2.24) is 19.8 Å². The minimum atomic E-state index is -0.168. The summed E-state index contributed by atoms with van der Waals surface area (Å²) in [6.07, 6.45) is 3.66. The summed E-state index contributed by atoms with van der Waals surface area (Å²) < 4.78 is 2.12. The van der Waals surface area contributed by atoms with Gasteiger partial charge >= 0.3 is 0 Å². The molecule has 0 saturated heterocycles. The lowest BCUT2D eigenvalue weighted by Gasteiger charge is -2.28. The maximum Gasteiger partial charge on any atom is 0.280 e. The molecular weight excluding hydrogens is 340 g/mol. The molecule has 3 rings (SSSR count). The van der Waals surface area contributed by atoms with Crippen LogP contribution in [0.4, 0.5) is 0 Å². The second kappa shape index (κ2) is 8.48. The summed E-state index contributed by atoms with van der Waals surface area (Å²) >= 11 is 0. The average molecular weight is 368 g/mol. The minimum absolute atomic E-state index is 0.0743. The number of rotatable bonds is 6. The van der Waals surface area contributed by atoms with Crippen LogP contribution in [0, 0.1) is 5.92 Å². The lowest BCUT2D eigenvalue weighted by molar-refractivity contribution is -0.122. The van der Waals surface area contributed by atoms with E-state index in [1.807, 2.05) is 31.2 Å². The number of carbonyl (C=O) groups is 1. The summed E-state index contributed by atoms with van der Waals surface area (Å²) in [5, 5.41) is 3.61. The quantitative estimate of drug-likeness (QED) is 0.849. The lowest BCUT2D eigenvalue weighted by atomic mass is 10.1. The Balaban J connectivity index is 1.81. The first-order valence-electron chi connectivity index (χ1n) is 9.68. The van der Waals surface area contributed by atoms with Crippen molar-refractivity contribution >= 4 is 22.5 Å². The van der Waals surface area contributed by atoms with Gasteiger partial charge in [-0.15, -0.1) is 0 Å². The molecule has 0 aliphatic carbocycles. The maximum atomic E-state index is 12.3. The zero-order valence-electron chi connectivity index (χ0n) is 16.4. The predicted octanol–water partition coefficient (Wildman–Crippen LogP) is 2.28. The molecule has 1 aliphatic heterocycles. The van der Waals surface area contributed by atoms with Crippen molar-refractivity contribution in [2.45, 2.75) is 33.6 Å². The number of aryl methyl sites for hydroxylation is 1. The second-order valence-corrected chi connectivity index (χ2v) is 7.42. The van der Waals surface area contributed by atoms with E-state index < -0.39 is 0 Å². The predicted molar refractivity (Wildman–Crippen MR) is 109 cm³/mol. The fourth-order valence-corrected chi connectivity index (χ4v) is 3.40. The number of aromatic nitrogens is 2. The number of hydrogen-bond donors (Lipinski definition) is 1. The Morgan fingerprint density at radius 2 is 2.07 bits per heavy atom. The van der Waals surface area contributed by atoms with Gasteiger partial charge in [0.1, 0.15) is 5.82 Å². The highest BCUT2D eigenvalue weighted by Crippen LogP contribution is 2.22. The van der Waals surface area contributed by atoms with Crippen molar-refractivity contribution in [2.24, 2.45) is 5.92 Å². The van der Waals surface area contributed by atoms with Crippen LogP contribution in [-0.2, 0) is 11.2 Å². The molecule has 1 N–H and O–H groups in total. The van der Waals surface area contributed by atoms with Crippen LogP contribution >= 0.6 is 0 Å². The van der Waals surface area contributed by atoms with Crippen molar-refractivity contribution in [3.05, 3.63) is 46.5 Å². The zero-order valence-corrected chi connectivity index (χ0v) is 16.4. The molecule has 0 unspecified atom stereocenters. The van der Waals surface area contributed by atoms with Crippen LogP contribution in [0.1, 0.15) is 33.0 Å². The highest BCUT2D eigenvalue weighted by Gasteiger charge is 2.19. The first-order valence-corrected chi connectivity index (χ1v) is 9.68. The number of carbonyl (C=O) groups excluding carboxylic acids is 1. The highest BCUT2D eigenvalue weighted by atomic mass is 16.2. The van der Waals surface area contributed by atoms with Gasteiger partial charge in [-0.1, -0.05) is 39.0 Å². The van der Waals surface area contributed by atoms with E-state index >= 15 is 0 Å². The van der Waals surface area contributed by atoms with Crippen molar-refractivity contribution in [3.8, 4) is 0 Å². The summed E-state index contributed by atoms with van der Waals surface area (Å²) in [6.45, 7) is 8.85. The molecule has 1 amide bonds. The van der Waals surface area contributed by atoms with E-state index in [1.54, 1.807) is 0 Å². The van der Waals surface area contributed by atoms with Gasteiger partial charge in [0.15, 0.2) is 0 Å². The van der Waals surface area contributed by atoms with Crippen molar-refractivity contribution in [1.29, 1.82) is 0 Å². The molecule has 144 valence electrons. The normalized spacial score (nSPS) is 15.2. The van der Waals surface area contributed by atoms with Gasteiger partial charge in [0, 0.05) is 38.2 Å². The third-order valence-electron chi connectivity index (χ3n) is 4.81. The summed E-state index contributed by atoms with van der Waals surface area (Å²) in [7, 11) is 0. The van der Waals surface area contributed by atoms with Crippen molar-refractivity contribution < 1.29 is 4.79 Å². The van der Waals surface area contributed by atoms with Crippen LogP contribution in [0.5, 0.6) is 0 Å². The van der Waals surface area contributed by atoms with E-state index in [2.05, 4.69) is 39.7 Å².